The molecule has 0 radical (unpaired) electrons. The van der Waals surface area contributed by atoms with E-state index in [0.29, 0.717) is 23.2 Å². The number of carbonyl (C=O) groups excluding carboxylic acids is 1. The number of halogens is 1. The minimum Gasteiger partial charge on any atom is -0.382 e. The van der Waals surface area contributed by atoms with E-state index in [2.05, 4.69) is 41.9 Å². The minimum absolute atomic E-state index is 0.0163. The van der Waals surface area contributed by atoms with Gasteiger partial charge in [0.15, 0.2) is 0 Å². The van der Waals surface area contributed by atoms with Crippen LogP contribution in [0.4, 0.5) is 9.57 Å². The minimum atomic E-state index is -5.18. The fraction of sp³-hybridized carbons (Fsp3) is 0.167. The van der Waals surface area contributed by atoms with Gasteiger partial charge in [0.05, 0.1) is 12.3 Å². The van der Waals surface area contributed by atoms with Crippen LogP contribution in [0, 0.1) is 12.3 Å². The van der Waals surface area contributed by atoms with E-state index in [9.17, 15) is 17.1 Å². The monoisotopic (exact) mass is 510 g/mol. The van der Waals surface area contributed by atoms with Gasteiger partial charge in [0.2, 0.25) is 0 Å². The second-order valence-electron chi connectivity index (χ2n) is 7.81. The van der Waals surface area contributed by atoms with Crippen LogP contribution in [0.3, 0.4) is 0 Å². The van der Waals surface area contributed by atoms with Crippen molar-refractivity contribution >= 4 is 22.1 Å². The van der Waals surface area contributed by atoms with E-state index in [-0.39, 0.29) is 30.5 Å². The average Bonchev–Trinajstić information content (AvgIpc) is 3.35. The first kappa shape index (κ1) is 25.1. The predicted octanol–water partition coefficient (Wildman–Crippen LogP) is 1.72. The number of amides is 1. The van der Waals surface area contributed by atoms with Crippen molar-refractivity contribution in [3.8, 4) is 18.1 Å². The van der Waals surface area contributed by atoms with Crippen LogP contribution in [0.15, 0.2) is 67.0 Å². The van der Waals surface area contributed by atoms with Gasteiger partial charge in [0.1, 0.15) is 5.75 Å². The summed E-state index contributed by atoms with van der Waals surface area (Å²) >= 11 is 0. The van der Waals surface area contributed by atoms with Gasteiger partial charge in [-0.1, -0.05) is 15.9 Å². The Morgan fingerprint density at radius 3 is 2.69 bits per heavy atom. The number of benzene rings is 2. The summed E-state index contributed by atoms with van der Waals surface area (Å²) in [5.41, 5.74) is 9.35. The molecule has 1 aliphatic heterocycles. The zero-order valence-corrected chi connectivity index (χ0v) is 19.7. The lowest BCUT2D eigenvalue weighted by Crippen LogP contribution is -2.39. The molecule has 1 amide bonds. The highest BCUT2D eigenvalue weighted by Gasteiger charge is 2.23. The highest BCUT2D eigenvalue weighted by atomic mass is 32.3. The molecule has 186 valence electrons. The van der Waals surface area contributed by atoms with Gasteiger partial charge in [-0.05, 0) is 59.7 Å². The van der Waals surface area contributed by atoms with Gasteiger partial charge in [0.25, 0.3) is 5.91 Å². The number of carbonyl (C=O) groups is 1. The molecule has 3 aromatic rings. The van der Waals surface area contributed by atoms with Crippen LogP contribution in [-0.4, -0.2) is 32.0 Å². The van der Waals surface area contributed by atoms with Crippen LogP contribution >= 0.6 is 0 Å². The molecular formula is C24H23FN6O4S. The molecule has 36 heavy (non-hydrogen) atoms. The van der Waals surface area contributed by atoms with E-state index in [1.807, 2.05) is 18.2 Å². The van der Waals surface area contributed by atoms with Gasteiger partial charge in [0, 0.05) is 42.3 Å². The van der Waals surface area contributed by atoms with Crippen LogP contribution in [0.2, 0.25) is 0 Å². The van der Waals surface area contributed by atoms with Crippen LogP contribution in [0.5, 0.6) is 5.75 Å². The third kappa shape index (κ3) is 6.77. The maximum atomic E-state index is 12.8. The van der Waals surface area contributed by atoms with Gasteiger partial charge in [-0.25, -0.2) is 10.9 Å². The fourth-order valence-electron chi connectivity index (χ4n) is 3.61. The highest BCUT2D eigenvalue weighted by Crippen LogP contribution is 2.20. The molecule has 0 spiro atoms. The van der Waals surface area contributed by atoms with E-state index in [1.54, 1.807) is 30.6 Å². The van der Waals surface area contributed by atoms with Crippen LogP contribution in [0.25, 0.3) is 0 Å². The predicted molar refractivity (Wildman–Crippen MR) is 131 cm³/mol. The third-order valence-corrected chi connectivity index (χ3v) is 5.70. The molecule has 10 nitrogen and oxygen atoms in total. The van der Waals surface area contributed by atoms with Crippen molar-refractivity contribution in [2.45, 2.75) is 18.9 Å². The SMILES string of the molecule is C#Cc1ccc(OS(=O)(=O)F)cc1CNC(=O)c1cccc(NCC2NNC(c3ccncc3)N2)c1. The number of hydrogen-bond acceptors (Lipinski definition) is 9. The van der Waals surface area contributed by atoms with Crippen LogP contribution in [0.1, 0.15) is 33.2 Å². The Hall–Kier alpha value is -4.02. The summed E-state index contributed by atoms with van der Waals surface area (Å²) in [4.78, 5) is 16.7. The molecule has 0 saturated carbocycles. The van der Waals surface area contributed by atoms with E-state index >= 15 is 0 Å². The fourth-order valence-corrected chi connectivity index (χ4v) is 3.94. The van der Waals surface area contributed by atoms with Crippen molar-refractivity contribution < 1.29 is 21.3 Å². The van der Waals surface area contributed by atoms with Crippen molar-refractivity contribution in [2.24, 2.45) is 0 Å². The molecule has 0 aliphatic carbocycles. The van der Waals surface area contributed by atoms with Gasteiger partial charge in [-0.3, -0.25) is 15.1 Å². The van der Waals surface area contributed by atoms with Gasteiger partial charge in [-0.2, -0.15) is 8.42 Å². The van der Waals surface area contributed by atoms with Crippen molar-refractivity contribution in [3.05, 3.63) is 89.2 Å². The highest BCUT2D eigenvalue weighted by molar-refractivity contribution is 7.81. The van der Waals surface area contributed by atoms with Crippen LogP contribution < -0.4 is 31.0 Å². The lowest BCUT2D eigenvalue weighted by atomic mass is 10.1. The molecule has 2 atom stereocenters. The summed E-state index contributed by atoms with van der Waals surface area (Å²) in [6.45, 7) is 0.521. The zero-order chi connectivity index (χ0) is 25.5. The first-order valence-corrected chi connectivity index (χ1v) is 12.1. The smallest absolute Gasteiger partial charge is 0.382 e. The summed E-state index contributed by atoms with van der Waals surface area (Å²) < 4.78 is 38.6. The molecule has 2 heterocycles. The number of rotatable bonds is 9. The number of nitrogens with one attached hydrogen (secondary N) is 5. The maximum Gasteiger partial charge on any atom is 0.488 e. The van der Waals surface area contributed by atoms with E-state index < -0.39 is 10.5 Å². The van der Waals surface area contributed by atoms with Gasteiger partial charge in [-0.15, -0.1) is 6.42 Å². The number of anilines is 1. The Labute approximate surface area is 208 Å². The summed E-state index contributed by atoms with van der Waals surface area (Å²) in [6.07, 6.45) is 8.81. The zero-order valence-electron chi connectivity index (χ0n) is 18.9. The molecular weight excluding hydrogens is 487 g/mol. The van der Waals surface area contributed by atoms with Crippen molar-refractivity contribution in [1.82, 2.24) is 26.5 Å². The Bertz CT molecular complexity index is 1380. The second-order valence-corrected chi connectivity index (χ2v) is 8.76. The molecule has 2 aromatic carbocycles. The van der Waals surface area contributed by atoms with Crippen molar-refractivity contribution in [2.75, 3.05) is 11.9 Å². The molecule has 2 unspecified atom stereocenters. The van der Waals surface area contributed by atoms with Crippen molar-refractivity contribution in [3.63, 3.8) is 0 Å². The Kier molecular flexibility index (Phi) is 7.77. The first-order valence-electron chi connectivity index (χ1n) is 10.8. The number of terminal acetylenes is 1. The topological polar surface area (TPSA) is 133 Å². The molecule has 1 saturated heterocycles. The summed E-state index contributed by atoms with van der Waals surface area (Å²) in [5.74, 6) is 1.81. The van der Waals surface area contributed by atoms with E-state index in [4.69, 9.17) is 6.42 Å². The maximum absolute atomic E-state index is 12.8. The summed E-state index contributed by atoms with van der Waals surface area (Å²) in [7, 11) is -5.18. The lowest BCUT2D eigenvalue weighted by molar-refractivity contribution is 0.0951. The number of nitrogens with zero attached hydrogens (tertiary/aromatic N) is 1. The molecule has 0 bridgehead atoms. The molecule has 1 fully saturated rings. The molecule has 1 aromatic heterocycles. The Morgan fingerprint density at radius 1 is 1.14 bits per heavy atom. The number of hydrogen-bond donors (Lipinski definition) is 5. The summed E-state index contributed by atoms with van der Waals surface area (Å²) in [5, 5.41) is 9.41. The molecule has 5 N–H and O–H groups in total. The quantitative estimate of drug-likeness (QED) is 0.216. The Balaban J connectivity index is 1.33. The van der Waals surface area contributed by atoms with Crippen molar-refractivity contribution in [1.29, 1.82) is 0 Å². The lowest BCUT2D eigenvalue weighted by Gasteiger charge is -2.15. The first-order chi connectivity index (χ1) is 17.3. The standard InChI is InChI=1S/C24H23FN6O4S/c1-2-16-6-7-21(35-36(25,33)34)13-19(16)14-28-24(32)18-4-3-5-20(12-18)27-15-22-29-23(31-30-22)17-8-10-26-11-9-17/h1,3-13,22-23,27,29-31H,14-15H2,(H,28,32). The molecule has 4 rings (SSSR count). The van der Waals surface area contributed by atoms with Crippen LogP contribution in [-0.2, 0) is 17.0 Å². The van der Waals surface area contributed by atoms with Gasteiger partial charge >= 0.3 is 10.5 Å². The number of hydrazine groups is 1. The largest absolute Gasteiger partial charge is 0.488 e. The normalized spacial score (nSPS) is 17.2. The Morgan fingerprint density at radius 2 is 1.94 bits per heavy atom. The average molecular weight is 511 g/mol. The number of pyridine rings is 1. The third-order valence-electron chi connectivity index (χ3n) is 5.31. The van der Waals surface area contributed by atoms with E-state index in [1.165, 1.54) is 18.2 Å². The number of aromatic nitrogens is 1. The summed E-state index contributed by atoms with van der Waals surface area (Å²) in [6, 6.07) is 14.7. The van der Waals surface area contributed by atoms with Gasteiger partial charge < -0.3 is 14.8 Å². The molecule has 1 aliphatic rings. The second kappa shape index (κ2) is 11.1. The van der Waals surface area contributed by atoms with E-state index in [0.717, 1.165) is 11.3 Å². The molecule has 12 heteroatoms.